The Hall–Kier alpha value is -1.08. The molecule has 2 heteroatoms. The molecule has 0 radical (unpaired) electrons. The summed E-state index contributed by atoms with van der Waals surface area (Å²) in [6, 6.07) is 7.88. The molecule has 0 unspecified atom stereocenters. The van der Waals surface area contributed by atoms with Crippen molar-refractivity contribution in [1.82, 2.24) is 4.98 Å². The fourth-order valence-corrected chi connectivity index (χ4v) is 1.58. The predicted molar refractivity (Wildman–Crippen MR) is 56.2 cm³/mol. The van der Waals surface area contributed by atoms with Crippen molar-refractivity contribution in [2.45, 2.75) is 13.8 Å². The number of halogens is 1. The first kappa shape index (κ1) is 8.52. The van der Waals surface area contributed by atoms with Gasteiger partial charge < -0.3 is 0 Å². The van der Waals surface area contributed by atoms with Crippen LogP contribution in [0.1, 0.15) is 11.3 Å². The van der Waals surface area contributed by atoms with Crippen LogP contribution in [0.3, 0.4) is 0 Å². The Labute approximate surface area is 82.4 Å². The van der Waals surface area contributed by atoms with Crippen molar-refractivity contribution in [2.75, 3.05) is 0 Å². The summed E-state index contributed by atoms with van der Waals surface area (Å²) in [5.41, 5.74) is 3.21. The number of fused-ring (bicyclic) bond motifs is 1. The van der Waals surface area contributed by atoms with Crippen molar-refractivity contribution >= 4 is 22.5 Å². The van der Waals surface area contributed by atoms with Crippen molar-refractivity contribution in [2.24, 2.45) is 0 Å². The van der Waals surface area contributed by atoms with E-state index in [4.69, 9.17) is 11.6 Å². The average Bonchev–Trinajstić information content (AvgIpc) is 2.09. The molecule has 1 heterocycles. The fraction of sp³-hybridized carbons (Fsp3) is 0.182. The molecule has 0 atom stereocenters. The standard InChI is InChI=1S/C11H10ClN/c1-7-6-9-10(12)4-3-5-11(9)13-8(7)2/h3-6H,1-2H3. The molecule has 0 aliphatic carbocycles. The predicted octanol–water partition coefficient (Wildman–Crippen LogP) is 3.51. The summed E-state index contributed by atoms with van der Waals surface area (Å²) in [7, 11) is 0. The molecule has 0 fully saturated rings. The number of aromatic nitrogens is 1. The van der Waals surface area contributed by atoms with Crippen LogP contribution in [0.2, 0.25) is 5.02 Å². The van der Waals surface area contributed by atoms with Gasteiger partial charge in [0.05, 0.1) is 5.52 Å². The summed E-state index contributed by atoms with van der Waals surface area (Å²) < 4.78 is 0. The van der Waals surface area contributed by atoms with Crippen LogP contribution in [0, 0.1) is 13.8 Å². The average molecular weight is 192 g/mol. The SMILES string of the molecule is Cc1cc2c(Cl)cccc2nc1C. The van der Waals surface area contributed by atoms with Crippen LogP contribution in [-0.2, 0) is 0 Å². The Bertz CT molecular complexity index is 463. The summed E-state index contributed by atoms with van der Waals surface area (Å²) in [5.74, 6) is 0. The molecule has 0 saturated carbocycles. The maximum atomic E-state index is 6.04. The van der Waals surface area contributed by atoms with Crippen molar-refractivity contribution in [1.29, 1.82) is 0 Å². The minimum Gasteiger partial charge on any atom is -0.253 e. The Balaban J connectivity index is 2.89. The van der Waals surface area contributed by atoms with Gasteiger partial charge in [0.1, 0.15) is 0 Å². The molecule has 0 N–H and O–H groups in total. The first-order valence-electron chi connectivity index (χ1n) is 4.21. The zero-order valence-corrected chi connectivity index (χ0v) is 8.39. The molecule has 66 valence electrons. The number of rotatable bonds is 0. The van der Waals surface area contributed by atoms with Gasteiger partial charge in [-0.1, -0.05) is 17.7 Å². The van der Waals surface area contributed by atoms with E-state index < -0.39 is 0 Å². The highest BCUT2D eigenvalue weighted by Gasteiger charge is 2.01. The topological polar surface area (TPSA) is 12.9 Å². The molecular formula is C11H10ClN. The molecule has 13 heavy (non-hydrogen) atoms. The van der Waals surface area contributed by atoms with Crippen molar-refractivity contribution in [3.8, 4) is 0 Å². The van der Waals surface area contributed by atoms with E-state index in [0.29, 0.717) is 0 Å². The smallest absolute Gasteiger partial charge is 0.0720 e. The Morgan fingerprint density at radius 1 is 1.23 bits per heavy atom. The Morgan fingerprint density at radius 3 is 2.77 bits per heavy atom. The summed E-state index contributed by atoms with van der Waals surface area (Å²) in [6.07, 6.45) is 0. The monoisotopic (exact) mass is 191 g/mol. The first-order valence-corrected chi connectivity index (χ1v) is 4.59. The lowest BCUT2D eigenvalue weighted by molar-refractivity contribution is 1.20. The van der Waals surface area contributed by atoms with Gasteiger partial charge in [0.2, 0.25) is 0 Å². The molecule has 1 aromatic carbocycles. The number of nitrogens with zero attached hydrogens (tertiary/aromatic N) is 1. The van der Waals surface area contributed by atoms with E-state index in [1.165, 1.54) is 5.56 Å². The lowest BCUT2D eigenvalue weighted by atomic mass is 10.1. The summed E-state index contributed by atoms with van der Waals surface area (Å²) in [5, 5.41) is 1.81. The lowest BCUT2D eigenvalue weighted by Crippen LogP contribution is -1.88. The van der Waals surface area contributed by atoms with Crippen LogP contribution in [0.4, 0.5) is 0 Å². The van der Waals surface area contributed by atoms with E-state index in [1.54, 1.807) is 0 Å². The van der Waals surface area contributed by atoms with Crippen molar-refractivity contribution < 1.29 is 0 Å². The number of hydrogen-bond acceptors (Lipinski definition) is 1. The first-order chi connectivity index (χ1) is 6.18. The van der Waals surface area contributed by atoms with E-state index in [2.05, 4.69) is 11.1 Å². The highest BCUT2D eigenvalue weighted by Crippen LogP contribution is 2.23. The van der Waals surface area contributed by atoms with E-state index in [0.717, 1.165) is 21.6 Å². The van der Waals surface area contributed by atoms with Crippen molar-refractivity contribution in [3.05, 3.63) is 40.5 Å². The van der Waals surface area contributed by atoms with Gasteiger partial charge in [-0.2, -0.15) is 0 Å². The quantitative estimate of drug-likeness (QED) is 0.621. The van der Waals surface area contributed by atoms with E-state index in [1.807, 2.05) is 32.0 Å². The molecule has 2 aromatic rings. The molecule has 2 rings (SSSR count). The van der Waals surface area contributed by atoms with Gasteiger partial charge >= 0.3 is 0 Å². The zero-order valence-electron chi connectivity index (χ0n) is 7.63. The van der Waals surface area contributed by atoms with Crippen LogP contribution in [0.5, 0.6) is 0 Å². The molecule has 1 nitrogen and oxygen atoms in total. The van der Waals surface area contributed by atoms with Crippen LogP contribution in [-0.4, -0.2) is 4.98 Å². The number of benzene rings is 1. The largest absolute Gasteiger partial charge is 0.253 e. The second-order valence-corrected chi connectivity index (χ2v) is 3.60. The van der Waals surface area contributed by atoms with E-state index in [9.17, 15) is 0 Å². The molecular weight excluding hydrogens is 182 g/mol. The van der Waals surface area contributed by atoms with Gasteiger partial charge in [0, 0.05) is 16.1 Å². The molecule has 0 spiro atoms. The molecule has 0 amide bonds. The number of pyridine rings is 1. The van der Waals surface area contributed by atoms with Crippen LogP contribution >= 0.6 is 11.6 Å². The van der Waals surface area contributed by atoms with Gasteiger partial charge in [0.15, 0.2) is 0 Å². The number of hydrogen-bond donors (Lipinski definition) is 0. The highest BCUT2D eigenvalue weighted by molar-refractivity contribution is 6.35. The van der Waals surface area contributed by atoms with Crippen LogP contribution in [0.25, 0.3) is 10.9 Å². The Morgan fingerprint density at radius 2 is 2.00 bits per heavy atom. The van der Waals surface area contributed by atoms with Crippen LogP contribution < -0.4 is 0 Å². The third kappa shape index (κ3) is 1.40. The highest BCUT2D eigenvalue weighted by atomic mass is 35.5. The van der Waals surface area contributed by atoms with Crippen LogP contribution in [0.15, 0.2) is 24.3 Å². The minimum atomic E-state index is 0.771. The van der Waals surface area contributed by atoms with E-state index >= 15 is 0 Å². The van der Waals surface area contributed by atoms with Gasteiger partial charge in [-0.25, -0.2) is 0 Å². The lowest BCUT2D eigenvalue weighted by Gasteiger charge is -2.03. The molecule has 1 aromatic heterocycles. The summed E-state index contributed by atoms with van der Waals surface area (Å²) in [4.78, 5) is 4.45. The summed E-state index contributed by atoms with van der Waals surface area (Å²) in [6.45, 7) is 4.06. The van der Waals surface area contributed by atoms with Gasteiger partial charge in [-0.05, 0) is 37.6 Å². The number of aryl methyl sites for hydroxylation is 2. The second-order valence-electron chi connectivity index (χ2n) is 3.20. The molecule has 0 aliphatic heterocycles. The third-order valence-electron chi connectivity index (χ3n) is 2.25. The normalized spacial score (nSPS) is 10.7. The minimum absolute atomic E-state index is 0.771. The molecule has 0 aliphatic rings. The summed E-state index contributed by atoms with van der Waals surface area (Å²) >= 11 is 6.04. The third-order valence-corrected chi connectivity index (χ3v) is 2.58. The van der Waals surface area contributed by atoms with Crippen molar-refractivity contribution in [3.63, 3.8) is 0 Å². The molecule has 0 saturated heterocycles. The van der Waals surface area contributed by atoms with Gasteiger partial charge in [0.25, 0.3) is 0 Å². The fourth-order valence-electron chi connectivity index (χ4n) is 1.36. The van der Waals surface area contributed by atoms with Gasteiger partial charge in [-0.15, -0.1) is 0 Å². The van der Waals surface area contributed by atoms with E-state index in [-0.39, 0.29) is 0 Å². The zero-order chi connectivity index (χ0) is 9.42. The second kappa shape index (κ2) is 3.00. The van der Waals surface area contributed by atoms with Gasteiger partial charge in [-0.3, -0.25) is 4.98 Å². The maximum Gasteiger partial charge on any atom is 0.0720 e. The molecule has 0 bridgehead atoms. The maximum absolute atomic E-state index is 6.04. The Kier molecular flexibility index (Phi) is 1.97.